The van der Waals surface area contributed by atoms with Crippen molar-refractivity contribution in [1.82, 2.24) is 15.4 Å². The van der Waals surface area contributed by atoms with Crippen LogP contribution in [-0.2, 0) is 4.79 Å². The van der Waals surface area contributed by atoms with E-state index in [0.717, 1.165) is 51.4 Å². The van der Waals surface area contributed by atoms with Crippen LogP contribution in [0.4, 0.5) is 10.6 Å². The normalized spacial score (nSPS) is 14.8. The Hall–Kier alpha value is -2.05. The monoisotopic (exact) mass is 364 g/mol. The molecule has 146 valence electrons. The van der Waals surface area contributed by atoms with E-state index < -0.39 is 0 Å². The van der Waals surface area contributed by atoms with Crippen molar-refractivity contribution in [2.75, 3.05) is 18.4 Å². The lowest BCUT2D eigenvalue weighted by molar-refractivity contribution is -0.116. The lowest BCUT2D eigenvalue weighted by Gasteiger charge is -2.28. The van der Waals surface area contributed by atoms with E-state index in [9.17, 15) is 9.59 Å². The largest absolute Gasteiger partial charge is 0.360 e. The Morgan fingerprint density at radius 3 is 2.65 bits per heavy atom. The summed E-state index contributed by atoms with van der Waals surface area (Å²) in [5.41, 5.74) is 0. The molecule has 26 heavy (non-hydrogen) atoms. The van der Waals surface area contributed by atoms with Crippen LogP contribution in [0.5, 0.6) is 0 Å². The Bertz CT molecular complexity index is 567. The van der Waals surface area contributed by atoms with E-state index in [-0.39, 0.29) is 24.5 Å². The first-order valence-corrected chi connectivity index (χ1v) is 9.87. The van der Waals surface area contributed by atoms with Crippen LogP contribution in [0.2, 0.25) is 0 Å². The molecule has 1 aliphatic rings. The minimum atomic E-state index is -0.257. The molecule has 0 spiro atoms. The lowest BCUT2D eigenvalue weighted by Crippen LogP contribution is -2.48. The van der Waals surface area contributed by atoms with Gasteiger partial charge in [0.15, 0.2) is 5.82 Å². The number of aryl methyl sites for hydroxylation is 1. The summed E-state index contributed by atoms with van der Waals surface area (Å²) < 4.78 is 4.95. The van der Waals surface area contributed by atoms with Crippen LogP contribution in [0.15, 0.2) is 10.6 Å². The molecule has 1 saturated carbocycles. The van der Waals surface area contributed by atoms with Crippen molar-refractivity contribution in [3.05, 3.63) is 11.8 Å². The zero-order chi connectivity index (χ0) is 18.8. The number of hydrogen-bond donors (Lipinski definition) is 2. The van der Waals surface area contributed by atoms with Crippen LogP contribution in [0.1, 0.15) is 70.5 Å². The number of hydrogen-bond acceptors (Lipinski definition) is 4. The third-order valence-corrected chi connectivity index (χ3v) is 4.73. The molecular weight excluding hydrogens is 332 g/mol. The predicted octanol–water partition coefficient (Wildman–Crippen LogP) is 3.85. The van der Waals surface area contributed by atoms with E-state index in [2.05, 4.69) is 22.7 Å². The van der Waals surface area contributed by atoms with Crippen LogP contribution in [0.3, 0.4) is 0 Å². The number of amides is 3. The molecule has 0 saturated heterocycles. The Morgan fingerprint density at radius 2 is 2.00 bits per heavy atom. The van der Waals surface area contributed by atoms with Crippen molar-refractivity contribution < 1.29 is 14.1 Å². The minimum absolute atomic E-state index is 0.0244. The highest BCUT2D eigenvalue weighted by molar-refractivity contribution is 5.93. The third-order valence-electron chi connectivity index (χ3n) is 4.73. The molecule has 0 aliphatic heterocycles. The maximum atomic E-state index is 12.7. The summed E-state index contributed by atoms with van der Waals surface area (Å²) in [5, 5.41) is 9.56. The number of nitrogens with one attached hydrogen (secondary N) is 2. The maximum absolute atomic E-state index is 12.7. The van der Waals surface area contributed by atoms with Gasteiger partial charge in [-0.25, -0.2) is 4.79 Å². The SMILES string of the molecule is CCCCCCN(CC(=O)Nc1cc(C)on1)C(=O)NC1CCCCC1. The van der Waals surface area contributed by atoms with E-state index >= 15 is 0 Å². The van der Waals surface area contributed by atoms with Gasteiger partial charge in [-0.2, -0.15) is 0 Å². The van der Waals surface area contributed by atoms with Crippen molar-refractivity contribution >= 4 is 17.8 Å². The van der Waals surface area contributed by atoms with Crippen LogP contribution in [-0.4, -0.2) is 41.1 Å². The van der Waals surface area contributed by atoms with E-state index in [1.54, 1.807) is 17.9 Å². The summed E-state index contributed by atoms with van der Waals surface area (Å²) in [7, 11) is 0. The summed E-state index contributed by atoms with van der Waals surface area (Å²) in [4.78, 5) is 26.6. The van der Waals surface area contributed by atoms with E-state index in [0.29, 0.717) is 18.1 Å². The van der Waals surface area contributed by atoms with Gasteiger partial charge in [-0.3, -0.25) is 4.79 Å². The summed E-state index contributed by atoms with van der Waals surface area (Å²) >= 11 is 0. The molecule has 0 bridgehead atoms. The molecule has 0 radical (unpaired) electrons. The molecule has 1 aromatic heterocycles. The number of rotatable bonds is 9. The molecule has 3 amide bonds. The van der Waals surface area contributed by atoms with Gasteiger partial charge in [-0.05, 0) is 26.2 Å². The Balaban J connectivity index is 1.87. The molecule has 1 fully saturated rings. The molecule has 7 nitrogen and oxygen atoms in total. The fraction of sp³-hybridized carbons (Fsp3) is 0.737. The van der Waals surface area contributed by atoms with E-state index in [4.69, 9.17) is 4.52 Å². The molecular formula is C19H32N4O3. The van der Waals surface area contributed by atoms with E-state index in [1.165, 1.54) is 6.42 Å². The molecule has 1 aromatic rings. The van der Waals surface area contributed by atoms with Gasteiger partial charge < -0.3 is 20.1 Å². The van der Waals surface area contributed by atoms with Gasteiger partial charge in [0.25, 0.3) is 0 Å². The first kappa shape index (κ1) is 20.3. The van der Waals surface area contributed by atoms with E-state index in [1.807, 2.05) is 0 Å². The first-order chi connectivity index (χ1) is 12.6. The minimum Gasteiger partial charge on any atom is -0.360 e. The van der Waals surface area contributed by atoms with Gasteiger partial charge in [0.05, 0.1) is 0 Å². The Morgan fingerprint density at radius 1 is 1.23 bits per heavy atom. The fourth-order valence-corrected chi connectivity index (χ4v) is 3.28. The Labute approximate surface area is 155 Å². The highest BCUT2D eigenvalue weighted by atomic mass is 16.5. The number of urea groups is 1. The zero-order valence-electron chi connectivity index (χ0n) is 16.1. The second kappa shape index (κ2) is 10.8. The Kier molecular flexibility index (Phi) is 8.44. The van der Waals surface area contributed by atoms with Crippen LogP contribution >= 0.6 is 0 Å². The second-order valence-corrected chi connectivity index (χ2v) is 7.14. The summed E-state index contributed by atoms with van der Waals surface area (Å²) in [6.07, 6.45) is 9.87. The van der Waals surface area contributed by atoms with Crippen LogP contribution in [0, 0.1) is 6.92 Å². The molecule has 2 N–H and O–H groups in total. The lowest BCUT2D eigenvalue weighted by atomic mass is 9.96. The first-order valence-electron chi connectivity index (χ1n) is 9.87. The highest BCUT2D eigenvalue weighted by Gasteiger charge is 2.22. The fourth-order valence-electron chi connectivity index (χ4n) is 3.28. The van der Waals surface area contributed by atoms with Crippen molar-refractivity contribution in [3.8, 4) is 0 Å². The number of aromatic nitrogens is 1. The highest BCUT2D eigenvalue weighted by Crippen LogP contribution is 2.17. The van der Waals surface area contributed by atoms with Gasteiger partial charge in [-0.15, -0.1) is 0 Å². The van der Waals surface area contributed by atoms with Crippen molar-refractivity contribution in [2.24, 2.45) is 0 Å². The smallest absolute Gasteiger partial charge is 0.318 e. The van der Waals surface area contributed by atoms with Gasteiger partial charge >= 0.3 is 6.03 Å². The number of carbonyl (C=O) groups is 2. The average Bonchev–Trinajstić information content (AvgIpc) is 3.03. The number of carbonyl (C=O) groups excluding carboxylic acids is 2. The average molecular weight is 364 g/mol. The van der Waals surface area contributed by atoms with Gasteiger partial charge in [-0.1, -0.05) is 50.6 Å². The molecule has 7 heteroatoms. The number of unbranched alkanes of at least 4 members (excludes halogenated alkanes) is 3. The molecule has 1 heterocycles. The van der Waals surface area contributed by atoms with Crippen LogP contribution in [0.25, 0.3) is 0 Å². The van der Waals surface area contributed by atoms with Gasteiger partial charge in [0.2, 0.25) is 5.91 Å². The zero-order valence-corrected chi connectivity index (χ0v) is 16.1. The molecule has 0 unspecified atom stereocenters. The molecule has 1 aliphatic carbocycles. The molecule has 0 aromatic carbocycles. The van der Waals surface area contributed by atoms with Crippen molar-refractivity contribution in [1.29, 1.82) is 0 Å². The molecule has 0 atom stereocenters. The van der Waals surface area contributed by atoms with Gasteiger partial charge in [0.1, 0.15) is 12.3 Å². The van der Waals surface area contributed by atoms with Gasteiger partial charge in [0, 0.05) is 18.7 Å². The number of anilines is 1. The predicted molar refractivity (Wildman–Crippen MR) is 101 cm³/mol. The number of nitrogens with zero attached hydrogens (tertiary/aromatic N) is 2. The second-order valence-electron chi connectivity index (χ2n) is 7.14. The third kappa shape index (κ3) is 7.06. The summed E-state index contributed by atoms with van der Waals surface area (Å²) in [5.74, 6) is 0.755. The van der Waals surface area contributed by atoms with Crippen molar-refractivity contribution in [3.63, 3.8) is 0 Å². The standard InChI is InChI=1S/C19H32N4O3/c1-3-4-5-9-12-23(19(25)20-16-10-7-6-8-11-16)14-18(24)21-17-13-15(2)26-22-17/h13,16H,3-12,14H2,1-2H3,(H,20,25)(H,21,22,24). The van der Waals surface area contributed by atoms with Crippen molar-refractivity contribution in [2.45, 2.75) is 77.7 Å². The summed E-state index contributed by atoms with van der Waals surface area (Å²) in [6, 6.07) is 1.75. The summed E-state index contributed by atoms with van der Waals surface area (Å²) in [6.45, 7) is 4.53. The van der Waals surface area contributed by atoms with Crippen LogP contribution < -0.4 is 10.6 Å². The maximum Gasteiger partial charge on any atom is 0.318 e. The quantitative estimate of drug-likeness (QED) is 0.652. The molecule has 2 rings (SSSR count). The topological polar surface area (TPSA) is 87.5 Å².